The molecular weight excluding hydrogens is 194 g/mol. The summed E-state index contributed by atoms with van der Waals surface area (Å²) in [6.45, 7) is 2.01. The van der Waals surface area contributed by atoms with Crippen molar-refractivity contribution in [3.05, 3.63) is 34.2 Å². The summed E-state index contributed by atoms with van der Waals surface area (Å²) in [5, 5.41) is 21.1. The topological polar surface area (TPSA) is 44.0 Å². The van der Waals surface area contributed by atoms with Gasteiger partial charge in [0.15, 0.2) is 0 Å². The maximum atomic E-state index is 9.19. The summed E-state index contributed by atoms with van der Waals surface area (Å²) in [5.74, 6) is 0. The van der Waals surface area contributed by atoms with Crippen LogP contribution in [-0.2, 0) is 6.61 Å². The summed E-state index contributed by atoms with van der Waals surface area (Å²) >= 11 is 1.61. The fourth-order valence-corrected chi connectivity index (χ4v) is 2.64. The number of rotatable bonds is 1. The molecule has 0 spiro atoms. The number of aliphatic hydroxyl groups is 1. The van der Waals surface area contributed by atoms with E-state index in [1.165, 1.54) is 5.56 Å². The molecule has 1 aromatic carbocycles. The van der Waals surface area contributed by atoms with Crippen LogP contribution in [0.2, 0.25) is 0 Å². The van der Waals surface area contributed by atoms with Crippen molar-refractivity contribution in [3.63, 3.8) is 0 Å². The van der Waals surface area contributed by atoms with Crippen LogP contribution in [0.25, 0.3) is 10.1 Å². The summed E-state index contributed by atoms with van der Waals surface area (Å²) in [6, 6.07) is 5.72. The zero-order valence-electron chi connectivity index (χ0n) is 7.74. The average Bonchev–Trinajstić information content (AvgIpc) is 2.59. The highest BCUT2D eigenvalue weighted by molar-refractivity contribution is 7.17. The van der Waals surface area contributed by atoms with Gasteiger partial charge in [-0.25, -0.2) is 0 Å². The molecular formula is C11H9NOS. The van der Waals surface area contributed by atoms with Gasteiger partial charge >= 0.3 is 0 Å². The summed E-state index contributed by atoms with van der Waals surface area (Å²) in [7, 11) is 0. The van der Waals surface area contributed by atoms with Gasteiger partial charge in [0.25, 0.3) is 0 Å². The molecule has 2 rings (SSSR count). The van der Waals surface area contributed by atoms with Crippen LogP contribution in [0.5, 0.6) is 0 Å². The summed E-state index contributed by atoms with van der Waals surface area (Å²) < 4.78 is 1.07. The van der Waals surface area contributed by atoms with Crippen LogP contribution >= 0.6 is 11.3 Å². The SMILES string of the molecule is Cc1csc2cc(C#N)cc(CO)c12. The molecule has 0 radical (unpaired) electrons. The van der Waals surface area contributed by atoms with Gasteiger partial charge in [0.1, 0.15) is 0 Å². The number of thiophene rings is 1. The lowest BCUT2D eigenvalue weighted by atomic mass is 10.0. The van der Waals surface area contributed by atoms with Crippen molar-refractivity contribution in [1.82, 2.24) is 0 Å². The number of nitrogens with zero attached hydrogens (tertiary/aromatic N) is 1. The number of nitriles is 1. The van der Waals surface area contributed by atoms with Crippen LogP contribution in [-0.4, -0.2) is 5.11 Å². The van der Waals surface area contributed by atoms with E-state index < -0.39 is 0 Å². The van der Waals surface area contributed by atoms with Crippen molar-refractivity contribution in [2.24, 2.45) is 0 Å². The van der Waals surface area contributed by atoms with Gasteiger partial charge in [-0.1, -0.05) is 0 Å². The van der Waals surface area contributed by atoms with Crippen LogP contribution in [0.3, 0.4) is 0 Å². The Morgan fingerprint density at radius 2 is 2.29 bits per heavy atom. The van der Waals surface area contributed by atoms with Crippen molar-refractivity contribution in [3.8, 4) is 6.07 Å². The molecule has 1 heterocycles. The number of aryl methyl sites for hydroxylation is 1. The average molecular weight is 203 g/mol. The zero-order chi connectivity index (χ0) is 10.1. The fraction of sp³-hybridized carbons (Fsp3) is 0.182. The Balaban J connectivity index is 2.84. The van der Waals surface area contributed by atoms with Gasteiger partial charge in [-0.05, 0) is 35.6 Å². The molecule has 0 amide bonds. The Bertz CT molecular complexity index is 522. The highest BCUT2D eigenvalue weighted by Gasteiger charge is 2.07. The molecule has 2 nitrogen and oxygen atoms in total. The molecule has 0 aliphatic rings. The molecule has 0 fully saturated rings. The van der Waals surface area contributed by atoms with Gasteiger partial charge < -0.3 is 5.11 Å². The molecule has 2 aromatic rings. The smallest absolute Gasteiger partial charge is 0.0992 e. The Labute approximate surface area is 86.0 Å². The second kappa shape index (κ2) is 3.41. The van der Waals surface area contributed by atoms with Gasteiger partial charge in [-0.3, -0.25) is 0 Å². The molecule has 0 saturated carbocycles. The Morgan fingerprint density at radius 3 is 2.93 bits per heavy atom. The molecule has 70 valence electrons. The van der Waals surface area contributed by atoms with Crippen molar-refractivity contribution < 1.29 is 5.11 Å². The first-order valence-electron chi connectivity index (χ1n) is 4.28. The Hall–Kier alpha value is -1.37. The minimum Gasteiger partial charge on any atom is -0.392 e. The van der Waals surface area contributed by atoms with Crippen LogP contribution in [0.4, 0.5) is 0 Å². The van der Waals surface area contributed by atoms with E-state index in [-0.39, 0.29) is 6.61 Å². The predicted molar refractivity (Wildman–Crippen MR) is 57.2 cm³/mol. The van der Waals surface area contributed by atoms with Crippen LogP contribution in [0.1, 0.15) is 16.7 Å². The molecule has 3 heteroatoms. The standard InChI is InChI=1S/C11H9NOS/c1-7-6-14-10-3-8(4-12)2-9(5-13)11(7)10/h2-3,6,13H,5H2,1H3. The van der Waals surface area contributed by atoms with Crippen molar-refractivity contribution in [1.29, 1.82) is 5.26 Å². The molecule has 1 N–H and O–H groups in total. The first kappa shape index (κ1) is 9.20. The monoisotopic (exact) mass is 203 g/mol. The number of benzene rings is 1. The Morgan fingerprint density at radius 1 is 1.50 bits per heavy atom. The van der Waals surface area contributed by atoms with E-state index in [1.54, 1.807) is 17.4 Å². The molecule has 14 heavy (non-hydrogen) atoms. The molecule has 0 bridgehead atoms. The number of hydrogen-bond donors (Lipinski definition) is 1. The van der Waals surface area contributed by atoms with Crippen LogP contribution in [0, 0.1) is 18.3 Å². The first-order valence-corrected chi connectivity index (χ1v) is 5.16. The first-order chi connectivity index (χ1) is 6.76. The summed E-state index contributed by atoms with van der Waals surface area (Å²) in [4.78, 5) is 0. The maximum absolute atomic E-state index is 9.19. The zero-order valence-corrected chi connectivity index (χ0v) is 8.56. The molecule has 1 aromatic heterocycles. The van der Waals surface area contributed by atoms with Gasteiger partial charge in [0.2, 0.25) is 0 Å². The fourth-order valence-electron chi connectivity index (χ4n) is 1.61. The lowest BCUT2D eigenvalue weighted by molar-refractivity contribution is 0.283. The predicted octanol–water partition coefficient (Wildman–Crippen LogP) is 2.57. The second-order valence-electron chi connectivity index (χ2n) is 3.20. The third-order valence-electron chi connectivity index (χ3n) is 2.24. The number of fused-ring (bicyclic) bond motifs is 1. The summed E-state index contributed by atoms with van der Waals surface area (Å²) in [6.07, 6.45) is 0. The molecule has 0 unspecified atom stereocenters. The van der Waals surface area contributed by atoms with E-state index in [4.69, 9.17) is 5.26 Å². The van der Waals surface area contributed by atoms with E-state index in [9.17, 15) is 5.11 Å². The molecule has 0 aliphatic carbocycles. The maximum Gasteiger partial charge on any atom is 0.0992 e. The third-order valence-corrected chi connectivity index (χ3v) is 3.29. The van der Waals surface area contributed by atoms with E-state index in [1.807, 2.05) is 18.4 Å². The highest BCUT2D eigenvalue weighted by Crippen LogP contribution is 2.29. The van der Waals surface area contributed by atoms with Gasteiger partial charge in [0, 0.05) is 10.1 Å². The van der Waals surface area contributed by atoms with Crippen molar-refractivity contribution in [2.75, 3.05) is 0 Å². The largest absolute Gasteiger partial charge is 0.392 e. The number of hydrogen-bond acceptors (Lipinski definition) is 3. The highest BCUT2D eigenvalue weighted by atomic mass is 32.1. The second-order valence-corrected chi connectivity index (χ2v) is 4.11. The summed E-state index contributed by atoms with van der Waals surface area (Å²) in [5.41, 5.74) is 2.62. The molecule has 0 saturated heterocycles. The lowest BCUT2D eigenvalue weighted by Gasteiger charge is -2.01. The molecule has 0 aliphatic heterocycles. The number of aliphatic hydroxyl groups excluding tert-OH is 1. The Kier molecular flexibility index (Phi) is 2.24. The van der Waals surface area contributed by atoms with Crippen LogP contribution < -0.4 is 0 Å². The minimum atomic E-state index is -0.0103. The van der Waals surface area contributed by atoms with Gasteiger partial charge in [-0.15, -0.1) is 11.3 Å². The van der Waals surface area contributed by atoms with E-state index in [0.717, 1.165) is 15.6 Å². The van der Waals surface area contributed by atoms with E-state index in [2.05, 4.69) is 6.07 Å². The van der Waals surface area contributed by atoms with Gasteiger partial charge in [-0.2, -0.15) is 5.26 Å². The van der Waals surface area contributed by atoms with Crippen LogP contribution in [0.15, 0.2) is 17.5 Å². The quantitative estimate of drug-likeness (QED) is 0.774. The molecule has 0 atom stereocenters. The normalized spacial score (nSPS) is 10.4. The minimum absolute atomic E-state index is 0.0103. The van der Waals surface area contributed by atoms with Gasteiger partial charge in [0.05, 0.1) is 18.2 Å². The van der Waals surface area contributed by atoms with Crippen molar-refractivity contribution in [2.45, 2.75) is 13.5 Å². The third kappa shape index (κ3) is 1.29. The van der Waals surface area contributed by atoms with Crippen molar-refractivity contribution >= 4 is 21.4 Å². The lowest BCUT2D eigenvalue weighted by Crippen LogP contribution is -1.87. The van der Waals surface area contributed by atoms with E-state index in [0.29, 0.717) is 5.56 Å². The van der Waals surface area contributed by atoms with E-state index >= 15 is 0 Å².